The molecule has 0 unspecified atom stereocenters. The molecule has 0 aromatic carbocycles. The third kappa shape index (κ3) is 4.53. The maximum atomic E-state index is 11.7. The molecule has 0 saturated carbocycles. The number of aryl methyl sites for hydroxylation is 1. The van der Waals surface area contributed by atoms with Crippen LogP contribution in [-0.4, -0.2) is 44.2 Å². The van der Waals surface area contributed by atoms with Crippen molar-refractivity contribution < 1.29 is 13.2 Å². The molecule has 2 N–H and O–H groups in total. The number of aromatic nitrogens is 2. The molecule has 0 aliphatic heterocycles. The molecule has 1 heterocycles. The fraction of sp³-hybridized carbons (Fsp3) is 0.700. The lowest BCUT2D eigenvalue weighted by Crippen LogP contribution is -2.27. The minimum atomic E-state index is -3.37. The van der Waals surface area contributed by atoms with Crippen molar-refractivity contribution >= 4 is 15.8 Å². The Morgan fingerprint density at radius 1 is 1.44 bits per heavy atom. The van der Waals surface area contributed by atoms with Crippen molar-refractivity contribution in [2.24, 2.45) is 7.05 Å². The van der Waals surface area contributed by atoms with Gasteiger partial charge in [0.25, 0.3) is 0 Å². The summed E-state index contributed by atoms with van der Waals surface area (Å²) < 4.78 is 32.3. The van der Waals surface area contributed by atoms with Gasteiger partial charge in [0.05, 0.1) is 12.9 Å². The topological polar surface area (TPSA) is 85.3 Å². The first kappa shape index (κ1) is 14.8. The quantitative estimate of drug-likeness (QED) is 0.661. The second-order valence-corrected chi connectivity index (χ2v) is 5.71. The van der Waals surface area contributed by atoms with Crippen LogP contribution in [-0.2, 0) is 17.1 Å². The lowest BCUT2D eigenvalue weighted by molar-refractivity contribution is 0.373. The summed E-state index contributed by atoms with van der Waals surface area (Å²) >= 11 is 0. The monoisotopic (exact) mass is 276 g/mol. The summed E-state index contributed by atoms with van der Waals surface area (Å²) in [6, 6.07) is 1.54. The molecular weight excluding hydrogens is 256 g/mol. The average Bonchev–Trinajstić information content (AvgIpc) is 2.64. The van der Waals surface area contributed by atoms with Crippen molar-refractivity contribution in [2.75, 3.05) is 30.7 Å². The van der Waals surface area contributed by atoms with E-state index >= 15 is 0 Å². The molecular formula is C10H20N4O3S. The van der Waals surface area contributed by atoms with Gasteiger partial charge in [-0.2, -0.15) is 5.10 Å². The molecule has 0 fully saturated rings. The minimum Gasteiger partial charge on any atom is -0.481 e. The van der Waals surface area contributed by atoms with Gasteiger partial charge in [-0.15, -0.1) is 0 Å². The SMILES string of the molecule is CCCNCCS(=O)(=O)Nc1cc(OC)n(C)n1. The average molecular weight is 276 g/mol. The van der Waals surface area contributed by atoms with Gasteiger partial charge in [-0.25, -0.2) is 13.1 Å². The van der Waals surface area contributed by atoms with Crippen LogP contribution in [0.15, 0.2) is 6.07 Å². The van der Waals surface area contributed by atoms with E-state index in [9.17, 15) is 8.42 Å². The smallest absolute Gasteiger partial charge is 0.235 e. The molecule has 7 nitrogen and oxygen atoms in total. The Morgan fingerprint density at radius 2 is 2.17 bits per heavy atom. The molecule has 0 saturated heterocycles. The third-order valence-corrected chi connectivity index (χ3v) is 3.54. The van der Waals surface area contributed by atoms with Crippen LogP contribution in [0.1, 0.15) is 13.3 Å². The fourth-order valence-electron chi connectivity index (χ4n) is 1.41. The highest BCUT2D eigenvalue weighted by Crippen LogP contribution is 2.16. The molecule has 1 aromatic heterocycles. The number of hydrogen-bond acceptors (Lipinski definition) is 5. The van der Waals surface area contributed by atoms with Gasteiger partial charge in [0.15, 0.2) is 5.82 Å². The molecule has 0 radical (unpaired) electrons. The number of nitrogens with one attached hydrogen (secondary N) is 2. The first-order chi connectivity index (χ1) is 8.48. The lowest BCUT2D eigenvalue weighted by Gasteiger charge is -2.05. The van der Waals surface area contributed by atoms with Crippen LogP contribution in [0, 0.1) is 0 Å². The summed E-state index contributed by atoms with van der Waals surface area (Å²) in [5.41, 5.74) is 0. The maximum absolute atomic E-state index is 11.7. The van der Waals surface area contributed by atoms with Crippen molar-refractivity contribution in [2.45, 2.75) is 13.3 Å². The molecule has 1 aromatic rings. The second kappa shape index (κ2) is 6.60. The predicted molar refractivity (Wildman–Crippen MR) is 70.3 cm³/mol. The zero-order valence-corrected chi connectivity index (χ0v) is 11.7. The van der Waals surface area contributed by atoms with Crippen molar-refractivity contribution in [3.8, 4) is 5.88 Å². The molecule has 104 valence electrons. The van der Waals surface area contributed by atoms with Crippen LogP contribution in [0.5, 0.6) is 5.88 Å². The van der Waals surface area contributed by atoms with Gasteiger partial charge in [0.1, 0.15) is 0 Å². The molecule has 0 amide bonds. The Morgan fingerprint density at radius 3 is 2.72 bits per heavy atom. The number of ether oxygens (including phenoxy) is 1. The Bertz CT molecular complexity index is 469. The Kier molecular flexibility index (Phi) is 5.42. The van der Waals surface area contributed by atoms with Crippen LogP contribution in [0.2, 0.25) is 0 Å². The van der Waals surface area contributed by atoms with Crippen LogP contribution in [0.4, 0.5) is 5.82 Å². The van der Waals surface area contributed by atoms with E-state index in [4.69, 9.17) is 4.74 Å². The Balaban J connectivity index is 2.53. The molecule has 0 bridgehead atoms. The highest BCUT2D eigenvalue weighted by Gasteiger charge is 2.13. The third-order valence-electron chi connectivity index (χ3n) is 2.28. The minimum absolute atomic E-state index is 0.0197. The Hall–Kier alpha value is -1.28. The van der Waals surface area contributed by atoms with E-state index in [1.807, 2.05) is 6.92 Å². The second-order valence-electron chi connectivity index (χ2n) is 3.87. The van der Waals surface area contributed by atoms with E-state index in [0.717, 1.165) is 13.0 Å². The molecule has 0 spiro atoms. The zero-order chi connectivity index (χ0) is 13.6. The van der Waals surface area contributed by atoms with E-state index in [1.54, 1.807) is 7.05 Å². The summed E-state index contributed by atoms with van der Waals surface area (Å²) in [6.45, 7) is 3.26. The summed E-state index contributed by atoms with van der Waals surface area (Å²) in [5.74, 6) is 0.785. The maximum Gasteiger partial charge on any atom is 0.235 e. The molecule has 8 heteroatoms. The van der Waals surface area contributed by atoms with Crippen molar-refractivity contribution in [3.63, 3.8) is 0 Å². The number of methoxy groups -OCH3 is 1. The van der Waals surface area contributed by atoms with Crippen molar-refractivity contribution in [1.29, 1.82) is 0 Å². The summed E-state index contributed by atoms with van der Waals surface area (Å²) in [7, 11) is -0.187. The van der Waals surface area contributed by atoms with Gasteiger partial charge in [0, 0.05) is 19.7 Å². The first-order valence-corrected chi connectivity index (χ1v) is 7.43. The van der Waals surface area contributed by atoms with Gasteiger partial charge in [-0.1, -0.05) is 6.92 Å². The number of nitrogens with zero attached hydrogens (tertiary/aromatic N) is 2. The molecule has 0 aliphatic rings. The van der Waals surface area contributed by atoms with Crippen LogP contribution in [0.25, 0.3) is 0 Å². The highest BCUT2D eigenvalue weighted by molar-refractivity contribution is 7.92. The van der Waals surface area contributed by atoms with Crippen molar-refractivity contribution in [3.05, 3.63) is 6.07 Å². The number of sulfonamides is 1. The first-order valence-electron chi connectivity index (χ1n) is 5.77. The Labute approximate surface area is 108 Å². The standard InChI is InChI=1S/C10H20N4O3S/c1-4-5-11-6-7-18(15,16)13-9-8-10(17-3)14(2)12-9/h8,11H,4-7H2,1-3H3,(H,12,13). The van der Waals surface area contributed by atoms with Crippen LogP contribution < -0.4 is 14.8 Å². The van der Waals surface area contributed by atoms with Crippen molar-refractivity contribution in [1.82, 2.24) is 15.1 Å². The molecule has 0 aliphatic carbocycles. The summed E-state index contributed by atoms with van der Waals surface area (Å²) in [5, 5.41) is 7.03. The zero-order valence-electron chi connectivity index (χ0n) is 10.9. The van der Waals surface area contributed by atoms with Gasteiger partial charge in [-0.3, -0.25) is 4.72 Å². The molecule has 0 atom stereocenters. The highest BCUT2D eigenvalue weighted by atomic mass is 32.2. The van der Waals surface area contributed by atoms with Crippen LogP contribution in [0.3, 0.4) is 0 Å². The normalized spacial score (nSPS) is 11.5. The van der Waals surface area contributed by atoms with E-state index in [1.165, 1.54) is 17.9 Å². The van der Waals surface area contributed by atoms with E-state index in [-0.39, 0.29) is 11.6 Å². The fourth-order valence-corrected chi connectivity index (χ4v) is 2.34. The number of rotatable bonds is 8. The number of anilines is 1. The summed E-state index contributed by atoms with van der Waals surface area (Å²) in [6.07, 6.45) is 0.977. The number of hydrogen-bond donors (Lipinski definition) is 2. The summed E-state index contributed by atoms with van der Waals surface area (Å²) in [4.78, 5) is 0. The van der Waals surface area contributed by atoms with E-state index in [2.05, 4.69) is 15.1 Å². The van der Waals surface area contributed by atoms with E-state index < -0.39 is 10.0 Å². The van der Waals surface area contributed by atoms with Gasteiger partial charge in [-0.05, 0) is 13.0 Å². The van der Waals surface area contributed by atoms with Gasteiger partial charge >= 0.3 is 0 Å². The van der Waals surface area contributed by atoms with Gasteiger partial charge in [0.2, 0.25) is 15.9 Å². The lowest BCUT2D eigenvalue weighted by atomic mass is 10.5. The predicted octanol–water partition coefficient (Wildman–Crippen LogP) is 0.170. The largest absolute Gasteiger partial charge is 0.481 e. The van der Waals surface area contributed by atoms with Gasteiger partial charge < -0.3 is 10.1 Å². The molecule has 18 heavy (non-hydrogen) atoms. The molecule has 1 rings (SSSR count). The van der Waals surface area contributed by atoms with Crippen LogP contribution >= 0.6 is 0 Å². The van der Waals surface area contributed by atoms with E-state index in [0.29, 0.717) is 12.4 Å².